The van der Waals surface area contributed by atoms with Gasteiger partial charge in [0.25, 0.3) is 0 Å². The smallest absolute Gasteiger partial charge is 0.107 e. The number of aryl methyl sites for hydroxylation is 1. The Morgan fingerprint density at radius 2 is 1.78 bits per heavy atom. The molecule has 0 amide bonds. The molecule has 1 aromatic carbocycles. The first kappa shape index (κ1) is 12.9. The second kappa shape index (κ2) is 5.40. The fourth-order valence-corrected chi connectivity index (χ4v) is 2.17. The molecule has 96 valence electrons. The fraction of sp³-hybridized carbons (Fsp3) is 0.375. The van der Waals surface area contributed by atoms with Crippen LogP contribution in [0.2, 0.25) is 0 Å². The average molecular weight is 244 g/mol. The van der Waals surface area contributed by atoms with E-state index in [1.165, 1.54) is 5.56 Å². The molecule has 0 bridgehead atoms. The van der Waals surface area contributed by atoms with Crippen LogP contribution in [0.5, 0.6) is 0 Å². The van der Waals surface area contributed by atoms with Crippen molar-refractivity contribution >= 4 is 0 Å². The van der Waals surface area contributed by atoms with Crippen LogP contribution in [0.1, 0.15) is 42.4 Å². The van der Waals surface area contributed by atoms with Crippen LogP contribution in [0.4, 0.5) is 0 Å². The molecule has 0 aliphatic carbocycles. The first-order chi connectivity index (χ1) is 8.58. The van der Waals surface area contributed by atoms with E-state index in [0.29, 0.717) is 5.92 Å². The van der Waals surface area contributed by atoms with Gasteiger partial charge in [0.1, 0.15) is 11.9 Å². The summed E-state index contributed by atoms with van der Waals surface area (Å²) in [6, 6.07) is 9.99. The van der Waals surface area contributed by atoms with E-state index in [2.05, 4.69) is 26.0 Å². The van der Waals surface area contributed by atoms with Crippen molar-refractivity contribution in [1.29, 1.82) is 0 Å². The SMILES string of the molecule is Cc1occc1C(O)c1ccc(CC(C)C)cc1. The van der Waals surface area contributed by atoms with Gasteiger partial charge in [0.15, 0.2) is 0 Å². The number of aliphatic hydroxyl groups excluding tert-OH is 1. The highest BCUT2D eigenvalue weighted by Crippen LogP contribution is 2.25. The zero-order valence-electron chi connectivity index (χ0n) is 11.2. The van der Waals surface area contributed by atoms with Gasteiger partial charge in [-0.1, -0.05) is 38.1 Å². The van der Waals surface area contributed by atoms with Crippen LogP contribution in [0.25, 0.3) is 0 Å². The summed E-state index contributed by atoms with van der Waals surface area (Å²) in [7, 11) is 0. The zero-order valence-corrected chi connectivity index (χ0v) is 11.2. The third-order valence-corrected chi connectivity index (χ3v) is 3.13. The van der Waals surface area contributed by atoms with Crippen molar-refractivity contribution in [3.63, 3.8) is 0 Å². The Hall–Kier alpha value is -1.54. The lowest BCUT2D eigenvalue weighted by molar-refractivity contribution is 0.218. The van der Waals surface area contributed by atoms with Crippen molar-refractivity contribution in [2.24, 2.45) is 5.92 Å². The molecule has 2 heteroatoms. The van der Waals surface area contributed by atoms with E-state index in [0.717, 1.165) is 23.3 Å². The minimum atomic E-state index is -0.600. The number of hydrogen-bond acceptors (Lipinski definition) is 2. The van der Waals surface area contributed by atoms with Gasteiger partial charge in [0.05, 0.1) is 6.26 Å². The fourth-order valence-electron chi connectivity index (χ4n) is 2.17. The molecule has 0 spiro atoms. The maximum absolute atomic E-state index is 10.3. The van der Waals surface area contributed by atoms with Crippen LogP contribution >= 0.6 is 0 Å². The summed E-state index contributed by atoms with van der Waals surface area (Å²) >= 11 is 0. The molecule has 1 aromatic heterocycles. The molecule has 1 heterocycles. The standard InChI is InChI=1S/C16H20O2/c1-11(2)10-13-4-6-14(7-5-13)16(17)15-8-9-18-12(15)3/h4-9,11,16-17H,10H2,1-3H3. The van der Waals surface area contributed by atoms with Gasteiger partial charge in [-0.3, -0.25) is 0 Å². The summed E-state index contributed by atoms with van der Waals surface area (Å²) in [5.41, 5.74) is 3.06. The Kier molecular flexibility index (Phi) is 3.87. The predicted octanol–water partition coefficient (Wildman–Crippen LogP) is 3.87. The second-order valence-electron chi connectivity index (χ2n) is 5.17. The highest BCUT2D eigenvalue weighted by molar-refractivity contribution is 5.32. The Labute approximate surface area is 108 Å². The third-order valence-electron chi connectivity index (χ3n) is 3.13. The topological polar surface area (TPSA) is 33.4 Å². The molecule has 2 nitrogen and oxygen atoms in total. The molecule has 0 saturated heterocycles. The molecule has 0 fully saturated rings. The first-order valence-electron chi connectivity index (χ1n) is 6.39. The molecule has 1 N–H and O–H groups in total. The van der Waals surface area contributed by atoms with Crippen LogP contribution in [0.15, 0.2) is 41.0 Å². The van der Waals surface area contributed by atoms with Crippen LogP contribution in [-0.4, -0.2) is 5.11 Å². The summed E-state index contributed by atoms with van der Waals surface area (Å²) in [5, 5.41) is 10.3. The highest BCUT2D eigenvalue weighted by Gasteiger charge is 2.14. The second-order valence-corrected chi connectivity index (χ2v) is 5.17. The summed E-state index contributed by atoms with van der Waals surface area (Å²) in [4.78, 5) is 0. The van der Waals surface area contributed by atoms with Crippen molar-refractivity contribution in [2.45, 2.75) is 33.3 Å². The van der Waals surface area contributed by atoms with Crippen molar-refractivity contribution < 1.29 is 9.52 Å². The van der Waals surface area contributed by atoms with Gasteiger partial charge < -0.3 is 9.52 Å². The highest BCUT2D eigenvalue weighted by atomic mass is 16.3. The predicted molar refractivity (Wildman–Crippen MR) is 72.5 cm³/mol. The number of aliphatic hydroxyl groups is 1. The van der Waals surface area contributed by atoms with Crippen LogP contribution in [-0.2, 0) is 6.42 Å². The summed E-state index contributed by atoms with van der Waals surface area (Å²) < 4.78 is 5.22. The van der Waals surface area contributed by atoms with E-state index >= 15 is 0 Å². The van der Waals surface area contributed by atoms with Crippen LogP contribution in [0.3, 0.4) is 0 Å². The normalized spacial score (nSPS) is 12.9. The van der Waals surface area contributed by atoms with E-state index in [-0.39, 0.29) is 0 Å². The summed E-state index contributed by atoms with van der Waals surface area (Å²) in [6.07, 6.45) is 2.08. The molecule has 0 aliphatic heterocycles. The maximum atomic E-state index is 10.3. The molecule has 2 aromatic rings. The molecule has 1 unspecified atom stereocenters. The number of furan rings is 1. The minimum absolute atomic E-state index is 0.600. The molecule has 0 saturated carbocycles. The van der Waals surface area contributed by atoms with E-state index in [1.807, 2.05) is 25.1 Å². The Bertz CT molecular complexity index is 494. The van der Waals surface area contributed by atoms with Crippen molar-refractivity contribution in [2.75, 3.05) is 0 Å². The molecule has 0 radical (unpaired) electrons. The lowest BCUT2D eigenvalue weighted by atomic mass is 9.98. The number of rotatable bonds is 4. The Morgan fingerprint density at radius 3 is 2.28 bits per heavy atom. The largest absolute Gasteiger partial charge is 0.469 e. The zero-order chi connectivity index (χ0) is 13.1. The van der Waals surface area contributed by atoms with Gasteiger partial charge in [-0.15, -0.1) is 0 Å². The van der Waals surface area contributed by atoms with Gasteiger partial charge in [0, 0.05) is 5.56 Å². The monoisotopic (exact) mass is 244 g/mol. The molecule has 18 heavy (non-hydrogen) atoms. The van der Waals surface area contributed by atoms with Gasteiger partial charge >= 0.3 is 0 Å². The van der Waals surface area contributed by atoms with Crippen LogP contribution < -0.4 is 0 Å². The average Bonchev–Trinajstić information content (AvgIpc) is 2.75. The Morgan fingerprint density at radius 1 is 1.11 bits per heavy atom. The van der Waals surface area contributed by atoms with E-state index in [9.17, 15) is 5.11 Å². The third kappa shape index (κ3) is 2.82. The molecule has 0 aliphatic rings. The van der Waals surface area contributed by atoms with Crippen molar-refractivity contribution in [3.8, 4) is 0 Å². The van der Waals surface area contributed by atoms with Gasteiger partial charge in [-0.2, -0.15) is 0 Å². The molecular formula is C16H20O2. The lowest BCUT2D eigenvalue weighted by Crippen LogP contribution is -2.01. The molecule has 2 rings (SSSR count). The van der Waals surface area contributed by atoms with Crippen LogP contribution in [0, 0.1) is 12.8 Å². The van der Waals surface area contributed by atoms with E-state index < -0.39 is 6.10 Å². The van der Waals surface area contributed by atoms with E-state index in [4.69, 9.17) is 4.42 Å². The molecule has 1 atom stereocenters. The van der Waals surface area contributed by atoms with Gasteiger partial charge in [-0.05, 0) is 36.5 Å². The number of hydrogen-bond donors (Lipinski definition) is 1. The van der Waals surface area contributed by atoms with Crippen molar-refractivity contribution in [3.05, 3.63) is 59.0 Å². The maximum Gasteiger partial charge on any atom is 0.107 e. The van der Waals surface area contributed by atoms with Crippen molar-refractivity contribution in [1.82, 2.24) is 0 Å². The summed E-state index contributed by atoms with van der Waals surface area (Å²) in [6.45, 7) is 6.28. The van der Waals surface area contributed by atoms with Gasteiger partial charge in [0.2, 0.25) is 0 Å². The minimum Gasteiger partial charge on any atom is -0.469 e. The molecular weight excluding hydrogens is 224 g/mol. The first-order valence-corrected chi connectivity index (χ1v) is 6.39. The van der Waals surface area contributed by atoms with Gasteiger partial charge in [-0.25, -0.2) is 0 Å². The van der Waals surface area contributed by atoms with E-state index in [1.54, 1.807) is 6.26 Å². The lowest BCUT2D eigenvalue weighted by Gasteiger charge is -2.11. The Balaban J connectivity index is 2.17. The summed E-state index contributed by atoms with van der Waals surface area (Å²) in [5.74, 6) is 1.42. The number of benzene rings is 1. The quantitative estimate of drug-likeness (QED) is 0.885.